The molecule has 0 unspecified atom stereocenters. The lowest BCUT2D eigenvalue weighted by atomic mass is 10.2. The highest BCUT2D eigenvalue weighted by atomic mass is 35.5. The van der Waals surface area contributed by atoms with E-state index in [1.54, 1.807) is 72.7 Å². The van der Waals surface area contributed by atoms with Gasteiger partial charge >= 0.3 is 0 Å². The molecule has 0 saturated carbocycles. The van der Waals surface area contributed by atoms with Gasteiger partial charge in [-0.05, 0) is 61.0 Å². The fourth-order valence-corrected chi connectivity index (χ4v) is 2.77. The fraction of sp³-hybridized carbons (Fsp3) is 0.190. The monoisotopic (exact) mass is 385 g/mol. The predicted molar refractivity (Wildman–Crippen MR) is 103 cm³/mol. The van der Waals surface area contributed by atoms with E-state index in [2.05, 4.69) is 0 Å². The molecular weight excluding hydrogens is 366 g/mol. The average Bonchev–Trinajstić information content (AvgIpc) is 3.17. The molecule has 0 fully saturated rings. The summed E-state index contributed by atoms with van der Waals surface area (Å²) < 4.78 is 11.2. The van der Waals surface area contributed by atoms with E-state index < -0.39 is 6.10 Å². The van der Waals surface area contributed by atoms with Gasteiger partial charge in [0.05, 0.1) is 12.8 Å². The largest absolute Gasteiger partial charge is 0.508 e. The number of nitrogens with zero attached hydrogens (tertiary/aromatic N) is 1. The van der Waals surface area contributed by atoms with Crippen LogP contribution in [0.4, 0.5) is 0 Å². The first-order valence-electron chi connectivity index (χ1n) is 8.52. The van der Waals surface area contributed by atoms with Crippen LogP contribution in [0.2, 0.25) is 5.02 Å². The lowest BCUT2D eigenvalue weighted by Crippen LogP contribution is -2.39. The van der Waals surface area contributed by atoms with E-state index in [1.807, 2.05) is 6.07 Å². The number of carbonyl (C=O) groups is 1. The topological polar surface area (TPSA) is 62.9 Å². The molecule has 0 radical (unpaired) electrons. The van der Waals surface area contributed by atoms with Crippen molar-refractivity contribution in [2.24, 2.45) is 0 Å². The summed E-state index contributed by atoms with van der Waals surface area (Å²) in [6, 6.07) is 17.2. The van der Waals surface area contributed by atoms with E-state index in [9.17, 15) is 9.90 Å². The average molecular weight is 386 g/mol. The summed E-state index contributed by atoms with van der Waals surface area (Å²) >= 11 is 5.88. The Morgan fingerprint density at radius 1 is 1.11 bits per heavy atom. The SMILES string of the molecule is C[C@@H](Oc1ccc(Cl)cc1)C(=O)N(Cc1ccc(O)cc1)Cc1ccco1. The number of aromatic hydroxyl groups is 1. The zero-order chi connectivity index (χ0) is 19.2. The molecule has 0 saturated heterocycles. The third kappa shape index (κ3) is 5.28. The van der Waals surface area contributed by atoms with Gasteiger partial charge in [0.1, 0.15) is 17.3 Å². The number of furan rings is 1. The van der Waals surface area contributed by atoms with E-state index >= 15 is 0 Å². The summed E-state index contributed by atoms with van der Waals surface area (Å²) in [5.74, 6) is 1.26. The third-order valence-electron chi connectivity index (χ3n) is 4.02. The van der Waals surface area contributed by atoms with Crippen LogP contribution in [-0.2, 0) is 17.9 Å². The van der Waals surface area contributed by atoms with Gasteiger partial charge in [0.2, 0.25) is 0 Å². The minimum Gasteiger partial charge on any atom is -0.508 e. The zero-order valence-electron chi connectivity index (χ0n) is 14.8. The number of phenolic OH excluding ortho intramolecular Hbond substituents is 1. The van der Waals surface area contributed by atoms with Crippen LogP contribution in [0.15, 0.2) is 71.3 Å². The molecule has 1 amide bonds. The second-order valence-electron chi connectivity index (χ2n) is 6.15. The smallest absolute Gasteiger partial charge is 0.264 e. The van der Waals surface area contributed by atoms with Crippen LogP contribution >= 0.6 is 11.6 Å². The summed E-state index contributed by atoms with van der Waals surface area (Å²) in [6.07, 6.45) is 0.893. The fourth-order valence-electron chi connectivity index (χ4n) is 2.65. The van der Waals surface area contributed by atoms with Crippen molar-refractivity contribution in [3.63, 3.8) is 0 Å². The van der Waals surface area contributed by atoms with Crippen molar-refractivity contribution in [3.05, 3.63) is 83.3 Å². The Kier molecular flexibility index (Phi) is 6.04. The number of hydrogen-bond acceptors (Lipinski definition) is 4. The Hall–Kier alpha value is -2.92. The van der Waals surface area contributed by atoms with Crippen LogP contribution in [0.25, 0.3) is 0 Å². The summed E-state index contributed by atoms with van der Waals surface area (Å²) in [5, 5.41) is 10.1. The van der Waals surface area contributed by atoms with E-state index in [4.69, 9.17) is 20.8 Å². The summed E-state index contributed by atoms with van der Waals surface area (Å²) in [4.78, 5) is 14.7. The molecule has 0 aliphatic rings. The first kappa shape index (κ1) is 18.9. The van der Waals surface area contributed by atoms with Gasteiger partial charge in [0.15, 0.2) is 6.10 Å². The number of rotatable bonds is 7. The molecule has 0 aliphatic heterocycles. The van der Waals surface area contributed by atoms with Gasteiger partial charge in [-0.25, -0.2) is 0 Å². The van der Waals surface area contributed by atoms with E-state index in [0.29, 0.717) is 29.6 Å². The van der Waals surface area contributed by atoms with Crippen LogP contribution in [-0.4, -0.2) is 22.0 Å². The number of hydrogen-bond donors (Lipinski definition) is 1. The van der Waals surface area contributed by atoms with Crippen molar-refractivity contribution < 1.29 is 19.1 Å². The molecule has 1 atom stereocenters. The molecule has 6 heteroatoms. The lowest BCUT2D eigenvalue weighted by molar-refractivity contribution is -0.139. The van der Waals surface area contributed by atoms with Crippen molar-refractivity contribution in [1.82, 2.24) is 4.90 Å². The minimum absolute atomic E-state index is 0.172. The molecule has 1 heterocycles. The van der Waals surface area contributed by atoms with Crippen molar-refractivity contribution in [2.45, 2.75) is 26.1 Å². The van der Waals surface area contributed by atoms with Crippen LogP contribution in [0.5, 0.6) is 11.5 Å². The molecule has 3 aromatic rings. The quantitative estimate of drug-likeness (QED) is 0.643. The highest BCUT2D eigenvalue weighted by Crippen LogP contribution is 2.19. The number of benzene rings is 2. The van der Waals surface area contributed by atoms with Crippen LogP contribution < -0.4 is 4.74 Å². The van der Waals surface area contributed by atoms with Gasteiger partial charge in [-0.2, -0.15) is 0 Å². The summed E-state index contributed by atoms with van der Waals surface area (Å²) in [5.41, 5.74) is 0.895. The molecule has 0 aliphatic carbocycles. The standard InChI is InChI=1S/C21H20ClNO4/c1-15(27-19-10-6-17(22)7-11-19)21(25)23(14-20-3-2-12-26-20)13-16-4-8-18(24)9-5-16/h2-12,15,24H,13-14H2,1H3/t15-/m1/s1. The van der Waals surface area contributed by atoms with Gasteiger partial charge in [-0.1, -0.05) is 23.7 Å². The molecule has 0 spiro atoms. The summed E-state index contributed by atoms with van der Waals surface area (Å²) in [7, 11) is 0. The Morgan fingerprint density at radius 2 is 1.81 bits per heavy atom. The third-order valence-corrected chi connectivity index (χ3v) is 4.27. The van der Waals surface area contributed by atoms with E-state index in [0.717, 1.165) is 5.56 Å². The van der Waals surface area contributed by atoms with Crippen molar-refractivity contribution in [3.8, 4) is 11.5 Å². The Balaban J connectivity index is 1.74. The maximum absolute atomic E-state index is 13.0. The minimum atomic E-state index is -0.682. The molecule has 27 heavy (non-hydrogen) atoms. The van der Waals surface area contributed by atoms with Crippen LogP contribution in [0.3, 0.4) is 0 Å². The lowest BCUT2D eigenvalue weighted by Gasteiger charge is -2.25. The van der Waals surface area contributed by atoms with E-state index in [-0.39, 0.29) is 11.7 Å². The van der Waals surface area contributed by atoms with Crippen molar-refractivity contribution in [1.29, 1.82) is 0 Å². The Labute approximate surface area is 162 Å². The molecular formula is C21H20ClNO4. The number of amides is 1. The Bertz CT molecular complexity index is 860. The molecule has 1 N–H and O–H groups in total. The number of phenols is 1. The van der Waals surface area contributed by atoms with Crippen LogP contribution in [0, 0.1) is 0 Å². The molecule has 5 nitrogen and oxygen atoms in total. The first-order valence-corrected chi connectivity index (χ1v) is 8.90. The first-order chi connectivity index (χ1) is 13.0. The highest BCUT2D eigenvalue weighted by molar-refractivity contribution is 6.30. The number of ether oxygens (including phenoxy) is 1. The predicted octanol–water partition coefficient (Wildman–Crippen LogP) is 4.63. The molecule has 0 bridgehead atoms. The number of halogens is 1. The summed E-state index contributed by atoms with van der Waals surface area (Å²) in [6.45, 7) is 2.40. The van der Waals surface area contributed by atoms with Gasteiger partial charge < -0.3 is 19.2 Å². The van der Waals surface area contributed by atoms with Crippen LogP contribution in [0.1, 0.15) is 18.2 Å². The second-order valence-corrected chi connectivity index (χ2v) is 6.59. The van der Waals surface area contributed by atoms with Crippen molar-refractivity contribution >= 4 is 17.5 Å². The maximum atomic E-state index is 13.0. The Morgan fingerprint density at radius 3 is 2.44 bits per heavy atom. The molecule has 140 valence electrons. The van der Waals surface area contributed by atoms with Gasteiger partial charge in [-0.3, -0.25) is 4.79 Å². The molecule has 1 aromatic heterocycles. The molecule has 2 aromatic carbocycles. The maximum Gasteiger partial charge on any atom is 0.264 e. The normalized spacial score (nSPS) is 11.8. The highest BCUT2D eigenvalue weighted by Gasteiger charge is 2.23. The van der Waals surface area contributed by atoms with E-state index in [1.165, 1.54) is 0 Å². The second kappa shape index (κ2) is 8.64. The zero-order valence-corrected chi connectivity index (χ0v) is 15.6. The molecule has 3 rings (SSSR count). The van der Waals surface area contributed by atoms with Gasteiger partial charge in [0.25, 0.3) is 5.91 Å². The number of carbonyl (C=O) groups excluding carboxylic acids is 1. The van der Waals surface area contributed by atoms with Gasteiger partial charge in [0, 0.05) is 11.6 Å². The van der Waals surface area contributed by atoms with Crippen molar-refractivity contribution in [2.75, 3.05) is 0 Å². The van der Waals surface area contributed by atoms with Gasteiger partial charge in [-0.15, -0.1) is 0 Å².